The lowest BCUT2D eigenvalue weighted by atomic mass is 9.99. The molecule has 3 nitrogen and oxygen atoms in total. The molecule has 0 saturated carbocycles. The zero-order chi connectivity index (χ0) is 11.8. The van der Waals surface area contributed by atoms with Crippen LogP contribution in [0.15, 0.2) is 33.2 Å². The van der Waals surface area contributed by atoms with Gasteiger partial charge in [-0.3, -0.25) is 0 Å². The van der Waals surface area contributed by atoms with Crippen LogP contribution in [0.1, 0.15) is 17.9 Å². The average molecular weight is 294 g/mol. The normalized spacial score (nSPS) is 19.1. The molecular weight excluding hydrogens is 282 g/mol. The Balaban J connectivity index is 2.00. The molecule has 1 heterocycles. The van der Waals surface area contributed by atoms with E-state index in [2.05, 4.69) is 20.9 Å². The number of hydrogen-bond donors (Lipinski definition) is 1. The Kier molecular flexibility index (Phi) is 2.76. The maximum Gasteiger partial charge on any atom is 0.226 e. The molecule has 1 N–H and O–H groups in total. The first-order chi connectivity index (χ1) is 8.22. The molecule has 1 aliphatic rings. The van der Waals surface area contributed by atoms with Gasteiger partial charge in [-0.15, -0.1) is 0 Å². The first kappa shape index (κ1) is 11.0. The number of nitrogens with zero attached hydrogens (tertiary/aromatic N) is 1. The van der Waals surface area contributed by atoms with Crippen molar-refractivity contribution in [2.24, 2.45) is 0 Å². The molecule has 1 unspecified atom stereocenters. The van der Waals surface area contributed by atoms with Crippen molar-refractivity contribution in [3.63, 3.8) is 0 Å². The lowest BCUT2D eigenvalue weighted by Crippen LogP contribution is -2.17. The SMILES string of the molecule is OC1CCc2oc(-c3cccc(Br)c3)nc2C1. The number of aliphatic hydroxyl groups excluding tert-OH is 1. The molecule has 0 aliphatic heterocycles. The van der Waals surface area contributed by atoms with E-state index in [1.807, 2.05) is 24.3 Å². The second-order valence-corrected chi connectivity index (χ2v) is 5.21. The molecule has 0 amide bonds. The Labute approximate surface area is 108 Å². The summed E-state index contributed by atoms with van der Waals surface area (Å²) in [6.07, 6.45) is 1.87. The van der Waals surface area contributed by atoms with Crippen LogP contribution in [0.3, 0.4) is 0 Å². The monoisotopic (exact) mass is 293 g/mol. The van der Waals surface area contributed by atoms with E-state index in [1.54, 1.807) is 0 Å². The van der Waals surface area contributed by atoms with Gasteiger partial charge in [-0.2, -0.15) is 0 Å². The van der Waals surface area contributed by atoms with Gasteiger partial charge in [0.2, 0.25) is 5.89 Å². The summed E-state index contributed by atoms with van der Waals surface area (Å²) in [6, 6.07) is 7.87. The summed E-state index contributed by atoms with van der Waals surface area (Å²) in [6.45, 7) is 0. The highest BCUT2D eigenvalue weighted by Crippen LogP contribution is 2.28. The average Bonchev–Trinajstić information content (AvgIpc) is 2.72. The predicted molar refractivity (Wildman–Crippen MR) is 67.7 cm³/mol. The van der Waals surface area contributed by atoms with Gasteiger partial charge in [0.25, 0.3) is 0 Å². The third kappa shape index (κ3) is 2.15. The maximum atomic E-state index is 9.59. The van der Waals surface area contributed by atoms with Gasteiger partial charge in [0, 0.05) is 22.9 Å². The molecule has 0 saturated heterocycles. The molecule has 1 aromatic carbocycles. The van der Waals surface area contributed by atoms with Crippen LogP contribution < -0.4 is 0 Å². The topological polar surface area (TPSA) is 46.3 Å². The van der Waals surface area contributed by atoms with Crippen molar-refractivity contribution in [2.75, 3.05) is 0 Å². The fourth-order valence-electron chi connectivity index (χ4n) is 2.11. The van der Waals surface area contributed by atoms with Crippen LogP contribution in [-0.4, -0.2) is 16.2 Å². The minimum atomic E-state index is -0.275. The first-order valence-corrected chi connectivity index (χ1v) is 6.44. The van der Waals surface area contributed by atoms with Crippen molar-refractivity contribution in [3.05, 3.63) is 40.2 Å². The van der Waals surface area contributed by atoms with Crippen LogP contribution in [0.25, 0.3) is 11.5 Å². The summed E-state index contributed by atoms with van der Waals surface area (Å²) in [5.41, 5.74) is 1.86. The maximum absolute atomic E-state index is 9.59. The molecule has 0 spiro atoms. The van der Waals surface area contributed by atoms with Crippen LogP contribution in [0, 0.1) is 0 Å². The van der Waals surface area contributed by atoms with Gasteiger partial charge in [-0.1, -0.05) is 22.0 Å². The van der Waals surface area contributed by atoms with E-state index >= 15 is 0 Å². The third-order valence-electron chi connectivity index (χ3n) is 2.98. The number of aromatic nitrogens is 1. The highest BCUT2D eigenvalue weighted by atomic mass is 79.9. The lowest BCUT2D eigenvalue weighted by molar-refractivity contribution is 0.153. The summed E-state index contributed by atoms with van der Waals surface area (Å²) < 4.78 is 6.76. The van der Waals surface area contributed by atoms with E-state index in [4.69, 9.17) is 4.42 Å². The number of aryl methyl sites for hydroxylation is 1. The van der Waals surface area contributed by atoms with Crippen molar-refractivity contribution in [1.82, 2.24) is 4.98 Å². The van der Waals surface area contributed by atoms with Crippen molar-refractivity contribution < 1.29 is 9.52 Å². The lowest BCUT2D eigenvalue weighted by Gasteiger charge is -2.13. The largest absolute Gasteiger partial charge is 0.441 e. The number of oxazole rings is 1. The Morgan fingerprint density at radius 3 is 3.12 bits per heavy atom. The number of hydrogen-bond acceptors (Lipinski definition) is 3. The number of aliphatic hydroxyl groups is 1. The van der Waals surface area contributed by atoms with Crippen molar-refractivity contribution >= 4 is 15.9 Å². The summed E-state index contributed by atoms with van der Waals surface area (Å²) in [7, 11) is 0. The van der Waals surface area contributed by atoms with Crippen molar-refractivity contribution in [2.45, 2.75) is 25.4 Å². The zero-order valence-electron chi connectivity index (χ0n) is 9.19. The molecular formula is C13H12BrNO2. The van der Waals surface area contributed by atoms with E-state index in [9.17, 15) is 5.11 Å². The molecule has 17 heavy (non-hydrogen) atoms. The van der Waals surface area contributed by atoms with Crippen LogP contribution in [-0.2, 0) is 12.8 Å². The smallest absolute Gasteiger partial charge is 0.226 e. The molecule has 3 rings (SSSR count). The Morgan fingerprint density at radius 2 is 2.29 bits per heavy atom. The van der Waals surface area contributed by atoms with Gasteiger partial charge in [-0.05, 0) is 24.6 Å². The van der Waals surface area contributed by atoms with Crippen LogP contribution >= 0.6 is 15.9 Å². The fraction of sp³-hybridized carbons (Fsp3) is 0.308. The Morgan fingerprint density at radius 1 is 1.41 bits per heavy atom. The quantitative estimate of drug-likeness (QED) is 0.879. The van der Waals surface area contributed by atoms with Gasteiger partial charge in [0.1, 0.15) is 5.76 Å². The Bertz CT molecular complexity index is 550. The molecule has 1 atom stereocenters. The summed E-state index contributed by atoms with van der Waals surface area (Å²) in [5.74, 6) is 1.57. The second kappa shape index (κ2) is 4.27. The first-order valence-electron chi connectivity index (χ1n) is 5.65. The minimum Gasteiger partial charge on any atom is -0.441 e. The Hall–Kier alpha value is -1.13. The summed E-state index contributed by atoms with van der Waals surface area (Å²) in [4.78, 5) is 4.47. The van der Waals surface area contributed by atoms with Gasteiger partial charge in [0.05, 0.1) is 11.8 Å². The molecule has 1 aromatic heterocycles. The molecule has 2 aromatic rings. The number of rotatable bonds is 1. The number of halogens is 1. The van der Waals surface area contributed by atoms with Gasteiger partial charge in [0.15, 0.2) is 0 Å². The third-order valence-corrected chi connectivity index (χ3v) is 3.48. The standard InChI is InChI=1S/C13H12BrNO2/c14-9-3-1-2-8(6-9)13-15-11-7-10(16)4-5-12(11)17-13/h1-3,6,10,16H,4-5,7H2. The van der Waals surface area contributed by atoms with Crippen LogP contribution in [0.4, 0.5) is 0 Å². The predicted octanol–water partition coefficient (Wildman–Crippen LogP) is 2.95. The molecule has 88 valence electrons. The molecule has 0 fully saturated rings. The van der Waals surface area contributed by atoms with Gasteiger partial charge < -0.3 is 9.52 Å². The molecule has 4 heteroatoms. The van der Waals surface area contributed by atoms with E-state index in [0.717, 1.165) is 34.3 Å². The summed E-state index contributed by atoms with van der Waals surface area (Å²) >= 11 is 3.43. The minimum absolute atomic E-state index is 0.275. The van der Waals surface area contributed by atoms with E-state index < -0.39 is 0 Å². The van der Waals surface area contributed by atoms with Crippen LogP contribution in [0.5, 0.6) is 0 Å². The van der Waals surface area contributed by atoms with Crippen molar-refractivity contribution in [3.8, 4) is 11.5 Å². The number of benzene rings is 1. The van der Waals surface area contributed by atoms with Gasteiger partial charge in [-0.25, -0.2) is 4.98 Å². The molecule has 0 radical (unpaired) electrons. The molecule has 0 bridgehead atoms. The van der Waals surface area contributed by atoms with Gasteiger partial charge >= 0.3 is 0 Å². The van der Waals surface area contributed by atoms with Crippen LogP contribution in [0.2, 0.25) is 0 Å². The summed E-state index contributed by atoms with van der Waals surface area (Å²) in [5, 5.41) is 9.59. The zero-order valence-corrected chi connectivity index (χ0v) is 10.8. The van der Waals surface area contributed by atoms with E-state index in [0.29, 0.717) is 12.3 Å². The number of fused-ring (bicyclic) bond motifs is 1. The van der Waals surface area contributed by atoms with Crippen molar-refractivity contribution in [1.29, 1.82) is 0 Å². The van der Waals surface area contributed by atoms with E-state index in [1.165, 1.54) is 0 Å². The highest BCUT2D eigenvalue weighted by molar-refractivity contribution is 9.10. The fourth-order valence-corrected chi connectivity index (χ4v) is 2.51. The highest BCUT2D eigenvalue weighted by Gasteiger charge is 2.22. The van der Waals surface area contributed by atoms with E-state index in [-0.39, 0.29) is 6.10 Å². The second-order valence-electron chi connectivity index (χ2n) is 4.30. The molecule has 1 aliphatic carbocycles.